The van der Waals surface area contributed by atoms with Crippen LogP contribution in [0.5, 0.6) is 0 Å². The Hall–Kier alpha value is -0.0151. The van der Waals surface area contributed by atoms with Crippen molar-refractivity contribution in [3.63, 3.8) is 0 Å². The van der Waals surface area contributed by atoms with E-state index in [9.17, 15) is 10.2 Å². The number of hydrogen-bond donors (Lipinski definition) is 2. The van der Waals surface area contributed by atoms with Gasteiger partial charge in [0.05, 0.1) is 5.60 Å². The summed E-state index contributed by atoms with van der Waals surface area (Å²) in [5.41, 5.74) is -2.63. The number of hydrogen-bond acceptors (Lipinski definition) is 2. The zero-order valence-corrected chi connectivity index (χ0v) is 7.59. The molecule has 0 fully saturated rings. The highest BCUT2D eigenvalue weighted by Gasteiger charge is 2.38. The maximum absolute atomic E-state index is 9.78. The second-order valence-corrected chi connectivity index (χ2v) is 3.28. The van der Waals surface area contributed by atoms with Crippen molar-refractivity contribution >= 4 is 7.85 Å². The molecule has 0 saturated heterocycles. The third kappa shape index (κ3) is 2.49. The molecular weight excluding hydrogens is 139 g/mol. The summed E-state index contributed by atoms with van der Waals surface area (Å²) < 4.78 is 0. The molecule has 0 aromatic rings. The van der Waals surface area contributed by atoms with E-state index in [4.69, 9.17) is 7.85 Å². The Morgan fingerprint density at radius 3 is 1.82 bits per heavy atom. The van der Waals surface area contributed by atoms with Gasteiger partial charge in [0.15, 0.2) is 0 Å². The smallest absolute Gasteiger partial charge is 0.116 e. The lowest BCUT2D eigenvalue weighted by atomic mass is 9.67. The summed E-state index contributed by atoms with van der Waals surface area (Å²) in [6.45, 7) is 5.20. The van der Waals surface area contributed by atoms with Crippen LogP contribution in [0.3, 0.4) is 0 Å². The van der Waals surface area contributed by atoms with E-state index in [0.717, 1.165) is 6.42 Å². The molecule has 2 unspecified atom stereocenters. The lowest BCUT2D eigenvalue weighted by Gasteiger charge is -2.38. The predicted octanol–water partition coefficient (Wildman–Crippen LogP) is 0.805. The van der Waals surface area contributed by atoms with Gasteiger partial charge in [0.25, 0.3) is 0 Å². The van der Waals surface area contributed by atoms with Gasteiger partial charge in [-0.05, 0) is 19.8 Å². The van der Waals surface area contributed by atoms with E-state index >= 15 is 0 Å². The lowest BCUT2D eigenvalue weighted by Crippen LogP contribution is -2.52. The summed E-state index contributed by atoms with van der Waals surface area (Å²) in [6.07, 6.45) is 1.83. The van der Waals surface area contributed by atoms with Crippen molar-refractivity contribution in [2.75, 3.05) is 0 Å². The Balaban J connectivity index is 4.33. The Kier molecular flexibility index (Phi) is 3.58. The second kappa shape index (κ2) is 3.59. The molecule has 0 saturated carbocycles. The molecule has 2 atom stereocenters. The molecule has 0 heterocycles. The highest BCUT2D eigenvalue weighted by molar-refractivity contribution is 6.14. The summed E-state index contributed by atoms with van der Waals surface area (Å²) in [6, 6.07) is 0. The van der Waals surface area contributed by atoms with Crippen molar-refractivity contribution in [2.45, 2.75) is 51.1 Å². The van der Waals surface area contributed by atoms with Crippen molar-refractivity contribution in [3.05, 3.63) is 0 Å². The van der Waals surface area contributed by atoms with Crippen molar-refractivity contribution in [2.24, 2.45) is 0 Å². The van der Waals surface area contributed by atoms with E-state index in [1.807, 2.05) is 13.8 Å². The fraction of sp³-hybridized carbons (Fsp3) is 1.00. The van der Waals surface area contributed by atoms with Gasteiger partial charge < -0.3 is 10.2 Å². The highest BCUT2D eigenvalue weighted by Crippen LogP contribution is 2.27. The largest absolute Gasteiger partial charge is 0.397 e. The van der Waals surface area contributed by atoms with E-state index < -0.39 is 11.1 Å². The average molecular weight is 156 g/mol. The Bertz CT molecular complexity index is 120. The fourth-order valence-corrected chi connectivity index (χ4v) is 1.20. The summed E-state index contributed by atoms with van der Waals surface area (Å²) in [5, 5.41) is 19.2. The molecule has 2 N–H and O–H groups in total. The molecule has 0 bridgehead atoms. The SMILES string of the molecule is [B]C(C)(O)C(O)(CC)CCC. The topological polar surface area (TPSA) is 40.5 Å². The van der Waals surface area contributed by atoms with Crippen LogP contribution < -0.4 is 0 Å². The molecule has 3 heteroatoms. The van der Waals surface area contributed by atoms with Crippen molar-refractivity contribution in [1.82, 2.24) is 0 Å². The summed E-state index contributed by atoms with van der Waals surface area (Å²) in [4.78, 5) is 0. The van der Waals surface area contributed by atoms with Crippen LogP contribution in [0.4, 0.5) is 0 Å². The minimum Gasteiger partial charge on any atom is -0.397 e. The van der Waals surface area contributed by atoms with Gasteiger partial charge in [-0.15, -0.1) is 0 Å². The van der Waals surface area contributed by atoms with Gasteiger partial charge in [-0.2, -0.15) is 0 Å². The first-order valence-electron chi connectivity index (χ1n) is 4.11. The molecule has 0 aliphatic heterocycles. The standard InChI is InChI=1S/C8H17BO2/c1-4-6-8(11,5-2)7(3,9)10/h10-11H,4-6H2,1-3H3. The number of rotatable bonds is 4. The summed E-state index contributed by atoms with van der Waals surface area (Å²) in [7, 11) is 5.42. The maximum atomic E-state index is 9.78. The monoisotopic (exact) mass is 156 g/mol. The zero-order chi connectivity index (χ0) is 9.12. The van der Waals surface area contributed by atoms with E-state index in [1.54, 1.807) is 0 Å². The third-order valence-corrected chi connectivity index (χ3v) is 2.19. The van der Waals surface area contributed by atoms with Crippen LogP contribution in [0.25, 0.3) is 0 Å². The Morgan fingerprint density at radius 1 is 1.27 bits per heavy atom. The molecule has 0 aliphatic carbocycles. The first-order valence-corrected chi connectivity index (χ1v) is 4.11. The van der Waals surface area contributed by atoms with Gasteiger partial charge in [-0.3, -0.25) is 0 Å². The molecule has 11 heavy (non-hydrogen) atoms. The van der Waals surface area contributed by atoms with Crippen molar-refractivity contribution < 1.29 is 10.2 Å². The molecule has 2 nitrogen and oxygen atoms in total. The predicted molar refractivity (Wildman–Crippen MR) is 46.5 cm³/mol. The van der Waals surface area contributed by atoms with Crippen LogP contribution >= 0.6 is 0 Å². The van der Waals surface area contributed by atoms with E-state index in [0.29, 0.717) is 12.8 Å². The van der Waals surface area contributed by atoms with Crippen LogP contribution in [0.1, 0.15) is 40.0 Å². The zero-order valence-electron chi connectivity index (χ0n) is 7.59. The van der Waals surface area contributed by atoms with Crippen molar-refractivity contribution in [3.8, 4) is 0 Å². The average Bonchev–Trinajstić information content (AvgIpc) is 1.86. The molecule has 0 spiro atoms. The Labute approximate surface area is 70.0 Å². The van der Waals surface area contributed by atoms with Gasteiger partial charge in [0.2, 0.25) is 0 Å². The van der Waals surface area contributed by atoms with Gasteiger partial charge in [-0.25, -0.2) is 0 Å². The molecule has 0 rings (SSSR count). The first kappa shape index (κ1) is 11.0. The van der Waals surface area contributed by atoms with Crippen LogP contribution in [0.15, 0.2) is 0 Å². The first-order chi connectivity index (χ1) is 4.87. The van der Waals surface area contributed by atoms with Crippen molar-refractivity contribution in [1.29, 1.82) is 0 Å². The third-order valence-electron chi connectivity index (χ3n) is 2.19. The van der Waals surface area contributed by atoms with E-state index in [2.05, 4.69) is 0 Å². The molecule has 0 aromatic carbocycles. The van der Waals surface area contributed by atoms with Gasteiger partial charge in [0.1, 0.15) is 7.85 Å². The van der Waals surface area contributed by atoms with Gasteiger partial charge in [0, 0.05) is 5.50 Å². The highest BCUT2D eigenvalue weighted by atomic mass is 16.3. The molecule has 64 valence electrons. The van der Waals surface area contributed by atoms with Gasteiger partial charge in [-0.1, -0.05) is 20.3 Å². The van der Waals surface area contributed by atoms with Crippen LogP contribution in [0.2, 0.25) is 0 Å². The van der Waals surface area contributed by atoms with Crippen LogP contribution in [-0.2, 0) is 0 Å². The molecular formula is C8H17BO2. The maximum Gasteiger partial charge on any atom is 0.116 e. The Morgan fingerprint density at radius 2 is 1.73 bits per heavy atom. The van der Waals surface area contributed by atoms with Crippen LogP contribution in [0, 0.1) is 0 Å². The second-order valence-electron chi connectivity index (χ2n) is 3.28. The quantitative estimate of drug-likeness (QED) is 0.591. The van der Waals surface area contributed by atoms with Gasteiger partial charge >= 0.3 is 0 Å². The normalized spacial score (nSPS) is 22.3. The minimum absolute atomic E-state index is 0.477. The van der Waals surface area contributed by atoms with Crippen LogP contribution in [-0.4, -0.2) is 29.2 Å². The molecule has 0 amide bonds. The lowest BCUT2D eigenvalue weighted by molar-refractivity contribution is -0.100. The van der Waals surface area contributed by atoms with E-state index in [-0.39, 0.29) is 0 Å². The summed E-state index contributed by atoms with van der Waals surface area (Å²) >= 11 is 0. The molecule has 2 radical (unpaired) electrons. The van der Waals surface area contributed by atoms with E-state index in [1.165, 1.54) is 6.92 Å². The molecule has 0 aliphatic rings. The molecule has 0 aromatic heterocycles. The minimum atomic E-state index is -1.49. The fourth-order valence-electron chi connectivity index (χ4n) is 1.20. The summed E-state index contributed by atoms with van der Waals surface area (Å²) in [5.74, 6) is 0. The number of aliphatic hydroxyl groups is 2.